The topological polar surface area (TPSA) is 94.9 Å². The van der Waals surface area contributed by atoms with Crippen LogP contribution in [0, 0.1) is 0 Å². The highest BCUT2D eigenvalue weighted by Crippen LogP contribution is 2.44. The van der Waals surface area contributed by atoms with E-state index in [1.54, 1.807) is 6.07 Å². The van der Waals surface area contributed by atoms with Crippen LogP contribution in [0.3, 0.4) is 0 Å². The van der Waals surface area contributed by atoms with Crippen LogP contribution in [0.25, 0.3) is 0 Å². The number of amides is 1. The number of halogens is 3. The van der Waals surface area contributed by atoms with Crippen molar-refractivity contribution in [3.05, 3.63) is 29.8 Å². The predicted molar refractivity (Wildman–Crippen MR) is 93.2 cm³/mol. The van der Waals surface area contributed by atoms with Crippen LogP contribution in [-0.2, 0) is 9.84 Å². The Morgan fingerprint density at radius 2 is 1.59 bits per heavy atom. The van der Waals surface area contributed by atoms with Gasteiger partial charge in [-0.05, 0) is 59.9 Å². The van der Waals surface area contributed by atoms with Gasteiger partial charge in [-0.1, -0.05) is 12.1 Å². The lowest BCUT2D eigenvalue weighted by atomic mass is 10.2. The van der Waals surface area contributed by atoms with Crippen molar-refractivity contribution in [1.29, 1.82) is 0 Å². The number of sulfone groups is 1. The van der Waals surface area contributed by atoms with Gasteiger partial charge in [0.2, 0.25) is 11.3 Å². The lowest BCUT2D eigenvalue weighted by molar-refractivity contribution is 0.0681. The molecule has 0 bridgehead atoms. The Labute approximate surface area is 153 Å². The largest absolute Gasteiger partial charge is 0.395 e. The maximum Gasteiger partial charge on any atom is 0.255 e. The van der Waals surface area contributed by atoms with E-state index in [1.807, 2.05) is 0 Å². The third kappa shape index (κ3) is 4.51. The molecule has 1 rings (SSSR count). The Morgan fingerprint density at radius 1 is 1.09 bits per heavy atom. The first-order chi connectivity index (χ1) is 10.2. The Balaban J connectivity index is 3.36. The minimum Gasteiger partial charge on any atom is -0.395 e. The molecule has 1 aromatic rings. The van der Waals surface area contributed by atoms with Gasteiger partial charge in [-0.3, -0.25) is 4.79 Å². The van der Waals surface area contributed by atoms with Gasteiger partial charge in [-0.2, -0.15) is 0 Å². The van der Waals surface area contributed by atoms with Gasteiger partial charge in [-0.15, -0.1) is 0 Å². The van der Waals surface area contributed by atoms with Crippen LogP contribution < -0.4 is 0 Å². The number of rotatable bonds is 6. The fraction of sp³-hybridized carbons (Fsp3) is 0.417. The molecule has 0 heterocycles. The van der Waals surface area contributed by atoms with Crippen LogP contribution in [0.2, 0.25) is 0 Å². The van der Waals surface area contributed by atoms with Crippen molar-refractivity contribution in [3.8, 4) is 0 Å². The van der Waals surface area contributed by atoms with E-state index in [4.69, 9.17) is 10.2 Å². The van der Waals surface area contributed by atoms with E-state index in [9.17, 15) is 13.2 Å². The number of nitrogens with zero attached hydrogens (tertiary/aromatic N) is 1. The number of hydrogen-bond donors (Lipinski definition) is 2. The first kappa shape index (κ1) is 20.0. The van der Waals surface area contributed by atoms with E-state index in [-0.39, 0.29) is 36.8 Å². The van der Waals surface area contributed by atoms with Crippen molar-refractivity contribution in [2.45, 2.75) is 6.37 Å². The molecule has 0 aliphatic heterocycles. The fourth-order valence-corrected chi connectivity index (χ4v) is 4.25. The average molecular weight is 524 g/mol. The molecule has 0 atom stereocenters. The van der Waals surface area contributed by atoms with E-state index < -0.39 is 17.2 Å². The van der Waals surface area contributed by atoms with Crippen molar-refractivity contribution in [1.82, 2.24) is 4.90 Å². The second kappa shape index (κ2) is 8.20. The summed E-state index contributed by atoms with van der Waals surface area (Å²) in [6.45, 7) is -0.592. The Kier molecular flexibility index (Phi) is 7.47. The molecule has 1 aromatic carbocycles. The molecule has 22 heavy (non-hydrogen) atoms. The Hall–Kier alpha value is -0.000000000000000208. The third-order valence-corrected chi connectivity index (χ3v) is 8.12. The monoisotopic (exact) mass is 521 g/mol. The van der Waals surface area contributed by atoms with Crippen molar-refractivity contribution < 1.29 is 23.4 Å². The van der Waals surface area contributed by atoms with Gasteiger partial charge in [0.15, 0.2) is 0 Å². The van der Waals surface area contributed by atoms with Crippen LogP contribution in [0.5, 0.6) is 0 Å². The highest BCUT2D eigenvalue weighted by molar-refractivity contribution is 9.42. The summed E-state index contributed by atoms with van der Waals surface area (Å²) >= 11 is 8.88. The standard InChI is InChI=1S/C12H14Br3NO5S/c13-12(14,15)22(20,21)10-4-2-1-3-9(10)11(19)16(5-7-17)6-8-18/h1-4,17-18H,5-8H2. The van der Waals surface area contributed by atoms with E-state index >= 15 is 0 Å². The van der Waals surface area contributed by atoms with E-state index in [1.165, 1.54) is 23.1 Å². The zero-order valence-electron chi connectivity index (χ0n) is 11.2. The van der Waals surface area contributed by atoms with Gasteiger partial charge in [0.05, 0.1) is 23.7 Å². The molecule has 0 aliphatic rings. The minimum atomic E-state index is -3.94. The van der Waals surface area contributed by atoms with Crippen LogP contribution in [-0.4, -0.2) is 57.2 Å². The van der Waals surface area contributed by atoms with Crippen LogP contribution in [0.4, 0.5) is 0 Å². The van der Waals surface area contributed by atoms with Crippen molar-refractivity contribution >= 4 is 63.5 Å². The lowest BCUT2D eigenvalue weighted by Gasteiger charge is -2.23. The van der Waals surface area contributed by atoms with Gasteiger partial charge >= 0.3 is 0 Å². The zero-order chi connectivity index (χ0) is 17.0. The molecule has 0 aliphatic carbocycles. The molecule has 124 valence electrons. The molecular formula is C12H14Br3NO5S. The van der Waals surface area contributed by atoms with Crippen LogP contribution in [0.1, 0.15) is 10.4 Å². The molecule has 0 unspecified atom stereocenters. The first-order valence-corrected chi connectivity index (χ1v) is 9.94. The Bertz CT molecular complexity index is 624. The molecule has 0 radical (unpaired) electrons. The molecule has 2 N–H and O–H groups in total. The molecular weight excluding hydrogens is 510 g/mol. The van der Waals surface area contributed by atoms with Crippen molar-refractivity contribution in [2.75, 3.05) is 26.3 Å². The van der Waals surface area contributed by atoms with Crippen LogP contribution >= 0.6 is 47.8 Å². The second-order valence-corrected chi connectivity index (χ2v) is 14.6. The number of alkyl halides is 3. The summed E-state index contributed by atoms with van der Waals surface area (Å²) in [6, 6.07) is 5.75. The van der Waals surface area contributed by atoms with Gasteiger partial charge < -0.3 is 15.1 Å². The van der Waals surface area contributed by atoms with E-state index in [2.05, 4.69) is 47.8 Å². The molecule has 0 aromatic heterocycles. The molecule has 10 heteroatoms. The zero-order valence-corrected chi connectivity index (χ0v) is 16.8. The number of carbonyl (C=O) groups excluding carboxylic acids is 1. The quantitative estimate of drug-likeness (QED) is 0.553. The molecule has 0 fully saturated rings. The number of carbonyl (C=O) groups is 1. The summed E-state index contributed by atoms with van der Waals surface area (Å²) in [5.74, 6) is -0.584. The molecule has 1 amide bonds. The average Bonchev–Trinajstić information content (AvgIpc) is 2.45. The summed E-state index contributed by atoms with van der Waals surface area (Å²) in [5.41, 5.74) is -0.0351. The highest BCUT2D eigenvalue weighted by atomic mass is 80.0. The fourth-order valence-electron chi connectivity index (χ4n) is 1.73. The van der Waals surface area contributed by atoms with E-state index in [0.29, 0.717) is 0 Å². The molecule has 0 spiro atoms. The number of aliphatic hydroxyl groups excluding tert-OH is 2. The predicted octanol–water partition coefficient (Wildman–Crippen LogP) is 1.68. The maximum atomic E-state index is 12.5. The number of aliphatic hydroxyl groups is 2. The SMILES string of the molecule is O=C(c1ccccc1S(=O)(=O)C(Br)(Br)Br)N(CCO)CCO. The minimum absolute atomic E-state index is 0.00411. The lowest BCUT2D eigenvalue weighted by Crippen LogP contribution is -2.37. The maximum absolute atomic E-state index is 12.5. The number of hydrogen-bond acceptors (Lipinski definition) is 5. The highest BCUT2D eigenvalue weighted by Gasteiger charge is 2.40. The second-order valence-electron chi connectivity index (χ2n) is 4.18. The van der Waals surface area contributed by atoms with Crippen LogP contribution in [0.15, 0.2) is 29.2 Å². The summed E-state index contributed by atoms with van der Waals surface area (Å²) in [4.78, 5) is 13.5. The summed E-state index contributed by atoms with van der Waals surface area (Å²) in [7, 11) is -3.94. The smallest absolute Gasteiger partial charge is 0.255 e. The van der Waals surface area contributed by atoms with E-state index in [0.717, 1.165) is 0 Å². The Morgan fingerprint density at radius 3 is 2.05 bits per heavy atom. The van der Waals surface area contributed by atoms with Gasteiger partial charge in [0, 0.05) is 13.1 Å². The van der Waals surface area contributed by atoms with Crippen molar-refractivity contribution in [3.63, 3.8) is 0 Å². The van der Waals surface area contributed by atoms with Gasteiger partial charge in [0.25, 0.3) is 5.91 Å². The summed E-state index contributed by atoms with van der Waals surface area (Å²) in [6.07, 6.45) is 0. The summed E-state index contributed by atoms with van der Waals surface area (Å²) in [5, 5.41) is 18.0. The first-order valence-electron chi connectivity index (χ1n) is 6.08. The molecule has 6 nitrogen and oxygen atoms in total. The normalized spacial score (nSPS) is 12.2. The number of benzene rings is 1. The van der Waals surface area contributed by atoms with Crippen molar-refractivity contribution in [2.24, 2.45) is 0 Å². The van der Waals surface area contributed by atoms with Gasteiger partial charge in [0.1, 0.15) is 0 Å². The molecule has 0 saturated carbocycles. The molecule has 0 saturated heterocycles. The van der Waals surface area contributed by atoms with Gasteiger partial charge in [-0.25, -0.2) is 8.42 Å². The third-order valence-electron chi connectivity index (χ3n) is 2.74. The summed E-state index contributed by atoms with van der Waals surface area (Å²) < 4.78 is 23.4.